The molecule has 1 aliphatic heterocycles. The van der Waals surface area contributed by atoms with Crippen molar-refractivity contribution >= 4 is 17.3 Å². The van der Waals surface area contributed by atoms with E-state index in [2.05, 4.69) is 5.32 Å². The van der Waals surface area contributed by atoms with Gasteiger partial charge in [-0.15, -0.1) is 0 Å². The number of hydrogen-bond donors (Lipinski definition) is 2. The average Bonchev–Trinajstić information content (AvgIpc) is 2.62. The van der Waals surface area contributed by atoms with Crippen molar-refractivity contribution < 1.29 is 23.1 Å². The molecule has 27 heavy (non-hydrogen) atoms. The maximum Gasteiger partial charge on any atom is 0.256 e. The van der Waals surface area contributed by atoms with Gasteiger partial charge in [0.15, 0.2) is 11.6 Å². The first-order valence-electron chi connectivity index (χ1n) is 8.82. The Hall–Kier alpha value is -2.54. The van der Waals surface area contributed by atoms with Gasteiger partial charge in [0, 0.05) is 25.6 Å². The third-order valence-electron chi connectivity index (χ3n) is 4.21. The molecule has 1 aliphatic rings. The summed E-state index contributed by atoms with van der Waals surface area (Å²) in [6.45, 7) is 6.34. The number of aliphatic hydroxyl groups excluding tert-OH is 1. The monoisotopic (exact) mass is 380 g/mol. The fourth-order valence-corrected chi connectivity index (χ4v) is 2.73. The molecule has 0 radical (unpaired) electrons. The molecular weight excluding hydrogens is 357 g/mol. The summed E-state index contributed by atoms with van der Waals surface area (Å²) in [7, 11) is 0. The third kappa shape index (κ3) is 4.42. The first-order valence-corrected chi connectivity index (χ1v) is 8.82. The smallest absolute Gasteiger partial charge is 0.256 e. The SMILES string of the molecule is CC.Cc1ccc(Nc2c(C(=O)N3CC(CO)C3)ccc(F)c2F)c(F)c1. The highest BCUT2D eigenvalue weighted by atomic mass is 19.2. The van der Waals surface area contributed by atoms with Gasteiger partial charge in [-0.3, -0.25) is 4.79 Å². The van der Waals surface area contributed by atoms with Crippen LogP contribution in [0.4, 0.5) is 24.5 Å². The number of carbonyl (C=O) groups is 1. The molecule has 2 aromatic carbocycles. The van der Waals surface area contributed by atoms with E-state index in [4.69, 9.17) is 5.11 Å². The van der Waals surface area contributed by atoms with Crippen LogP contribution in [-0.2, 0) is 0 Å². The van der Waals surface area contributed by atoms with Crippen molar-refractivity contribution in [1.82, 2.24) is 4.90 Å². The Balaban J connectivity index is 0.00000126. The fourth-order valence-electron chi connectivity index (χ4n) is 2.73. The summed E-state index contributed by atoms with van der Waals surface area (Å²) in [6, 6.07) is 6.30. The Morgan fingerprint density at radius 1 is 1.15 bits per heavy atom. The van der Waals surface area contributed by atoms with Gasteiger partial charge in [-0.2, -0.15) is 0 Å². The van der Waals surface area contributed by atoms with Gasteiger partial charge in [0.1, 0.15) is 5.82 Å². The number of nitrogens with one attached hydrogen (secondary N) is 1. The minimum absolute atomic E-state index is 0.0137. The number of hydrogen-bond acceptors (Lipinski definition) is 3. The summed E-state index contributed by atoms with van der Waals surface area (Å²) in [5.74, 6) is -3.53. The zero-order valence-electron chi connectivity index (χ0n) is 15.5. The van der Waals surface area contributed by atoms with Crippen molar-refractivity contribution in [2.75, 3.05) is 25.0 Å². The number of amides is 1. The van der Waals surface area contributed by atoms with Gasteiger partial charge in [-0.05, 0) is 36.8 Å². The lowest BCUT2D eigenvalue weighted by atomic mass is 9.99. The van der Waals surface area contributed by atoms with E-state index in [1.54, 1.807) is 13.0 Å². The second-order valence-corrected chi connectivity index (χ2v) is 6.15. The highest BCUT2D eigenvalue weighted by molar-refractivity contribution is 6.01. The van der Waals surface area contributed by atoms with Crippen LogP contribution in [0.3, 0.4) is 0 Å². The lowest BCUT2D eigenvalue weighted by Crippen LogP contribution is -2.51. The molecule has 7 heteroatoms. The topological polar surface area (TPSA) is 52.6 Å². The summed E-state index contributed by atoms with van der Waals surface area (Å²) >= 11 is 0. The molecule has 2 N–H and O–H groups in total. The highest BCUT2D eigenvalue weighted by Crippen LogP contribution is 2.30. The molecule has 0 unspecified atom stereocenters. The predicted octanol–water partition coefficient (Wildman–Crippen LogP) is 4.25. The Kier molecular flexibility index (Phi) is 6.85. The molecule has 0 atom stereocenters. The van der Waals surface area contributed by atoms with Crippen LogP contribution in [0.5, 0.6) is 0 Å². The van der Waals surface area contributed by atoms with E-state index < -0.39 is 29.0 Å². The van der Waals surface area contributed by atoms with E-state index in [1.165, 1.54) is 23.1 Å². The lowest BCUT2D eigenvalue weighted by molar-refractivity contribution is 0.0362. The van der Waals surface area contributed by atoms with Crippen LogP contribution in [0.1, 0.15) is 29.8 Å². The van der Waals surface area contributed by atoms with Crippen LogP contribution in [0.2, 0.25) is 0 Å². The highest BCUT2D eigenvalue weighted by Gasteiger charge is 2.32. The number of carbonyl (C=O) groups excluding carboxylic acids is 1. The number of nitrogens with zero attached hydrogens (tertiary/aromatic N) is 1. The Labute approximate surface area is 156 Å². The molecule has 1 fully saturated rings. The molecule has 1 heterocycles. The standard InChI is InChI=1S/C18H17F3N2O2.C2H6/c1-10-2-5-15(14(20)6-10)22-17-12(3-4-13(19)16(17)21)18(25)23-7-11(8-23)9-24;1-2/h2-6,11,22,24H,7-9H2,1H3;1-2H3. The van der Waals surface area contributed by atoms with Gasteiger partial charge in [0.05, 0.1) is 16.9 Å². The van der Waals surface area contributed by atoms with Crippen molar-refractivity contribution in [2.45, 2.75) is 20.8 Å². The average molecular weight is 380 g/mol. The summed E-state index contributed by atoms with van der Waals surface area (Å²) in [6.07, 6.45) is 0. The normalized spacial score (nSPS) is 13.5. The maximum atomic E-state index is 14.3. The van der Waals surface area contributed by atoms with Gasteiger partial charge in [-0.1, -0.05) is 19.9 Å². The molecule has 1 saturated heterocycles. The van der Waals surface area contributed by atoms with Gasteiger partial charge in [0.25, 0.3) is 5.91 Å². The van der Waals surface area contributed by atoms with Crippen LogP contribution < -0.4 is 5.32 Å². The Bertz CT molecular complexity index is 821. The second kappa shape index (κ2) is 8.90. The Morgan fingerprint density at radius 3 is 2.41 bits per heavy atom. The van der Waals surface area contributed by atoms with Crippen molar-refractivity contribution in [2.24, 2.45) is 5.92 Å². The molecule has 1 amide bonds. The number of halogens is 3. The zero-order chi connectivity index (χ0) is 20.1. The zero-order valence-corrected chi connectivity index (χ0v) is 15.5. The number of aryl methyl sites for hydroxylation is 1. The van der Waals surface area contributed by atoms with E-state index in [9.17, 15) is 18.0 Å². The van der Waals surface area contributed by atoms with Crippen LogP contribution in [-0.4, -0.2) is 35.6 Å². The summed E-state index contributed by atoms with van der Waals surface area (Å²) in [4.78, 5) is 13.9. The van der Waals surface area contributed by atoms with Crippen molar-refractivity contribution in [3.05, 3.63) is 58.9 Å². The number of benzene rings is 2. The van der Waals surface area contributed by atoms with Gasteiger partial charge >= 0.3 is 0 Å². The van der Waals surface area contributed by atoms with Crippen LogP contribution in [0.15, 0.2) is 30.3 Å². The molecule has 4 nitrogen and oxygen atoms in total. The van der Waals surface area contributed by atoms with Gasteiger partial charge in [0.2, 0.25) is 0 Å². The number of likely N-dealkylation sites (tertiary alicyclic amines) is 1. The minimum atomic E-state index is -1.25. The summed E-state index contributed by atoms with van der Waals surface area (Å²) in [5, 5.41) is 11.5. The van der Waals surface area contributed by atoms with Crippen LogP contribution in [0.25, 0.3) is 0 Å². The number of anilines is 2. The first-order chi connectivity index (χ1) is 12.9. The third-order valence-corrected chi connectivity index (χ3v) is 4.21. The van der Waals surface area contributed by atoms with Crippen LogP contribution in [0, 0.1) is 30.3 Å². The number of rotatable bonds is 4. The molecular formula is C20H23F3N2O2. The summed E-state index contributed by atoms with van der Waals surface area (Å²) < 4.78 is 41.9. The van der Waals surface area contributed by atoms with E-state index in [0.29, 0.717) is 18.7 Å². The van der Waals surface area contributed by atoms with E-state index in [1.807, 2.05) is 13.8 Å². The van der Waals surface area contributed by atoms with Crippen molar-refractivity contribution in [3.63, 3.8) is 0 Å². The van der Waals surface area contributed by atoms with E-state index >= 15 is 0 Å². The maximum absolute atomic E-state index is 14.3. The number of aliphatic hydroxyl groups is 1. The molecule has 2 aromatic rings. The molecule has 0 aliphatic carbocycles. The predicted molar refractivity (Wildman–Crippen MR) is 98.6 cm³/mol. The molecule has 0 saturated carbocycles. The lowest BCUT2D eigenvalue weighted by Gasteiger charge is -2.38. The minimum Gasteiger partial charge on any atom is -0.396 e. The molecule has 0 bridgehead atoms. The second-order valence-electron chi connectivity index (χ2n) is 6.15. The van der Waals surface area contributed by atoms with Crippen molar-refractivity contribution in [1.29, 1.82) is 0 Å². The molecule has 0 aromatic heterocycles. The van der Waals surface area contributed by atoms with Crippen LogP contribution >= 0.6 is 0 Å². The van der Waals surface area contributed by atoms with Crippen molar-refractivity contribution in [3.8, 4) is 0 Å². The Morgan fingerprint density at radius 2 is 1.81 bits per heavy atom. The van der Waals surface area contributed by atoms with E-state index in [-0.39, 0.29) is 23.8 Å². The largest absolute Gasteiger partial charge is 0.396 e. The molecule has 3 rings (SSSR count). The van der Waals surface area contributed by atoms with Gasteiger partial charge < -0.3 is 15.3 Å². The fraction of sp³-hybridized carbons (Fsp3) is 0.350. The molecule has 0 spiro atoms. The quantitative estimate of drug-likeness (QED) is 0.834. The molecule has 146 valence electrons. The van der Waals surface area contributed by atoms with Gasteiger partial charge in [-0.25, -0.2) is 13.2 Å². The van der Waals surface area contributed by atoms with E-state index in [0.717, 1.165) is 6.07 Å². The summed E-state index contributed by atoms with van der Waals surface area (Å²) in [5.41, 5.74) is 0.131. The first kappa shape index (κ1) is 20.8.